The van der Waals surface area contributed by atoms with E-state index < -0.39 is 6.61 Å². The Hall–Kier alpha value is -0.920. The first-order valence-corrected chi connectivity index (χ1v) is 5.04. The Kier molecular flexibility index (Phi) is 3.83. The number of carbonyl (C=O) groups excluding carboxylic acids is 1. The number of nitrogen functional groups attached to an aromatic ring is 1. The molecule has 0 spiro atoms. The number of rotatable bonds is 3. The molecule has 82 valence electrons. The fraction of sp³-hybridized carbons (Fsp3) is 0.222. The van der Waals surface area contributed by atoms with Gasteiger partial charge in [-0.25, -0.2) is 0 Å². The molecule has 1 aromatic carbocycles. The number of hydrogen-bond donors (Lipinski definition) is 1. The van der Waals surface area contributed by atoms with E-state index in [2.05, 4.69) is 4.74 Å². The molecule has 0 unspecified atom stereocenters. The molecule has 0 atom stereocenters. The molecule has 15 heavy (non-hydrogen) atoms. The average molecular weight is 327 g/mol. The summed E-state index contributed by atoms with van der Waals surface area (Å²) in [6.45, 7) is -1.73. The van der Waals surface area contributed by atoms with Gasteiger partial charge in [0, 0.05) is 3.57 Å². The molecule has 1 aromatic rings. The summed E-state index contributed by atoms with van der Waals surface area (Å²) in [6.07, 6.45) is 0. The molecule has 0 aliphatic carbocycles. The number of alkyl halides is 2. The van der Waals surface area contributed by atoms with Crippen molar-refractivity contribution in [1.82, 2.24) is 0 Å². The molecular formula is C9H8F2INO2. The number of halogens is 3. The molecule has 0 saturated carbocycles. The van der Waals surface area contributed by atoms with Gasteiger partial charge in [-0.05, 0) is 41.6 Å². The van der Waals surface area contributed by atoms with Crippen LogP contribution in [0.25, 0.3) is 0 Å². The number of ketones is 1. The Morgan fingerprint density at radius 3 is 2.60 bits per heavy atom. The summed E-state index contributed by atoms with van der Waals surface area (Å²) in [6, 6.07) is 2.92. The van der Waals surface area contributed by atoms with Crippen molar-refractivity contribution in [3.63, 3.8) is 0 Å². The summed E-state index contributed by atoms with van der Waals surface area (Å²) in [7, 11) is 0. The highest BCUT2D eigenvalue weighted by atomic mass is 127. The molecule has 1 rings (SSSR count). The van der Waals surface area contributed by atoms with Crippen molar-refractivity contribution < 1.29 is 18.3 Å². The van der Waals surface area contributed by atoms with Crippen molar-refractivity contribution >= 4 is 34.1 Å². The van der Waals surface area contributed by atoms with E-state index in [1.165, 1.54) is 19.1 Å². The lowest BCUT2D eigenvalue weighted by molar-refractivity contribution is -0.0496. The fourth-order valence-electron chi connectivity index (χ4n) is 1.10. The lowest BCUT2D eigenvalue weighted by atomic mass is 10.1. The Bertz CT molecular complexity index is 396. The van der Waals surface area contributed by atoms with Crippen LogP contribution in [0.5, 0.6) is 5.75 Å². The molecule has 0 radical (unpaired) electrons. The molecule has 6 heteroatoms. The van der Waals surface area contributed by atoms with Gasteiger partial charge in [-0.15, -0.1) is 0 Å². The first kappa shape index (κ1) is 12.2. The number of ether oxygens (including phenoxy) is 1. The quantitative estimate of drug-likeness (QED) is 0.528. The zero-order valence-corrected chi connectivity index (χ0v) is 9.92. The Balaban J connectivity index is 3.27. The van der Waals surface area contributed by atoms with Crippen molar-refractivity contribution in [1.29, 1.82) is 0 Å². The third-order valence-electron chi connectivity index (χ3n) is 1.67. The van der Waals surface area contributed by atoms with Crippen molar-refractivity contribution in [2.45, 2.75) is 13.5 Å². The number of nitrogens with two attached hydrogens (primary N) is 1. The minimum Gasteiger partial charge on any atom is -0.432 e. The maximum Gasteiger partial charge on any atom is 0.387 e. The second-order valence-electron chi connectivity index (χ2n) is 2.81. The summed E-state index contributed by atoms with van der Waals surface area (Å²) in [5.74, 6) is -0.617. The van der Waals surface area contributed by atoms with Crippen LogP contribution in [-0.2, 0) is 0 Å². The summed E-state index contributed by atoms with van der Waals surface area (Å²) in [5, 5.41) is 0. The number of Topliss-reactive ketones (excluding diaryl/α,β-unsaturated/α-hetero) is 1. The van der Waals surface area contributed by atoms with Gasteiger partial charge in [0.15, 0.2) is 11.5 Å². The van der Waals surface area contributed by atoms with Crippen LogP contribution in [0.1, 0.15) is 17.3 Å². The number of benzene rings is 1. The van der Waals surface area contributed by atoms with Gasteiger partial charge in [0.25, 0.3) is 0 Å². The van der Waals surface area contributed by atoms with Crippen molar-refractivity contribution in [3.05, 3.63) is 21.3 Å². The number of hydrogen-bond acceptors (Lipinski definition) is 3. The molecule has 0 aromatic heterocycles. The second kappa shape index (κ2) is 4.73. The molecule has 0 aliphatic rings. The van der Waals surface area contributed by atoms with Gasteiger partial charge in [-0.2, -0.15) is 8.78 Å². The van der Waals surface area contributed by atoms with Crippen molar-refractivity contribution in [2.75, 3.05) is 5.73 Å². The Labute approximate surface area is 98.7 Å². The highest BCUT2D eigenvalue weighted by Gasteiger charge is 2.16. The first-order chi connectivity index (χ1) is 6.91. The summed E-state index contributed by atoms with van der Waals surface area (Å²) in [4.78, 5) is 11.2. The van der Waals surface area contributed by atoms with Crippen LogP contribution in [0.3, 0.4) is 0 Å². The monoisotopic (exact) mass is 327 g/mol. The highest BCUT2D eigenvalue weighted by Crippen LogP contribution is 2.30. The third-order valence-corrected chi connectivity index (χ3v) is 2.29. The molecule has 0 fully saturated rings. The van der Waals surface area contributed by atoms with E-state index in [1.54, 1.807) is 0 Å². The molecular weight excluding hydrogens is 319 g/mol. The SMILES string of the molecule is CC(=O)c1cc(I)cc(N)c1OC(F)F. The summed E-state index contributed by atoms with van der Waals surface area (Å²) in [5.41, 5.74) is 5.60. The lowest BCUT2D eigenvalue weighted by Crippen LogP contribution is -2.09. The predicted molar refractivity (Wildman–Crippen MR) is 60.2 cm³/mol. The standard InChI is InChI=1S/C9H8F2INO2/c1-4(14)6-2-5(12)3-7(13)8(6)15-9(10)11/h2-3,9H,13H2,1H3. The van der Waals surface area contributed by atoms with Gasteiger partial charge in [0.2, 0.25) is 0 Å². The van der Waals surface area contributed by atoms with Crippen LogP contribution < -0.4 is 10.5 Å². The molecule has 2 N–H and O–H groups in total. The van der Waals surface area contributed by atoms with Crippen LogP contribution in [-0.4, -0.2) is 12.4 Å². The third kappa shape index (κ3) is 3.01. The van der Waals surface area contributed by atoms with Crippen molar-refractivity contribution in [2.24, 2.45) is 0 Å². The van der Waals surface area contributed by atoms with Gasteiger partial charge in [-0.3, -0.25) is 4.79 Å². The van der Waals surface area contributed by atoms with Gasteiger partial charge in [-0.1, -0.05) is 0 Å². The molecule has 0 amide bonds. The molecule has 0 heterocycles. The van der Waals surface area contributed by atoms with Crippen LogP contribution in [0, 0.1) is 3.57 Å². The summed E-state index contributed by atoms with van der Waals surface area (Å²) >= 11 is 1.94. The minimum atomic E-state index is -2.99. The zero-order valence-electron chi connectivity index (χ0n) is 7.76. The van der Waals surface area contributed by atoms with Crippen LogP contribution in [0.15, 0.2) is 12.1 Å². The normalized spacial score (nSPS) is 10.5. The fourth-order valence-corrected chi connectivity index (χ4v) is 1.74. The second-order valence-corrected chi connectivity index (χ2v) is 4.05. The van der Waals surface area contributed by atoms with Crippen LogP contribution >= 0.6 is 22.6 Å². The number of carbonyl (C=O) groups is 1. The van der Waals surface area contributed by atoms with Gasteiger partial charge in [0.1, 0.15) is 0 Å². The van der Waals surface area contributed by atoms with E-state index in [0.29, 0.717) is 3.57 Å². The predicted octanol–water partition coefficient (Wildman–Crippen LogP) is 2.68. The van der Waals surface area contributed by atoms with E-state index >= 15 is 0 Å². The molecule has 0 bridgehead atoms. The van der Waals surface area contributed by atoms with E-state index in [9.17, 15) is 13.6 Å². The van der Waals surface area contributed by atoms with Gasteiger partial charge >= 0.3 is 6.61 Å². The smallest absolute Gasteiger partial charge is 0.387 e. The van der Waals surface area contributed by atoms with E-state index in [1.807, 2.05) is 22.6 Å². The molecule has 3 nitrogen and oxygen atoms in total. The summed E-state index contributed by atoms with van der Waals surface area (Å²) < 4.78 is 29.0. The average Bonchev–Trinajstić information content (AvgIpc) is 2.08. The minimum absolute atomic E-state index is 0.0346. The highest BCUT2D eigenvalue weighted by molar-refractivity contribution is 14.1. The molecule has 0 saturated heterocycles. The Morgan fingerprint density at radius 2 is 2.13 bits per heavy atom. The van der Waals surface area contributed by atoms with E-state index in [0.717, 1.165) is 0 Å². The van der Waals surface area contributed by atoms with Crippen LogP contribution in [0.4, 0.5) is 14.5 Å². The molecule has 0 aliphatic heterocycles. The Morgan fingerprint density at radius 1 is 1.53 bits per heavy atom. The lowest BCUT2D eigenvalue weighted by Gasteiger charge is -2.11. The largest absolute Gasteiger partial charge is 0.432 e. The number of anilines is 1. The maximum atomic E-state index is 12.1. The topological polar surface area (TPSA) is 52.3 Å². The first-order valence-electron chi connectivity index (χ1n) is 3.96. The van der Waals surface area contributed by atoms with Gasteiger partial charge in [0.05, 0.1) is 11.3 Å². The van der Waals surface area contributed by atoms with Crippen molar-refractivity contribution in [3.8, 4) is 5.75 Å². The zero-order chi connectivity index (χ0) is 11.6. The van der Waals surface area contributed by atoms with Crippen LogP contribution in [0.2, 0.25) is 0 Å². The van der Waals surface area contributed by atoms with E-state index in [4.69, 9.17) is 5.73 Å². The van der Waals surface area contributed by atoms with E-state index in [-0.39, 0.29) is 22.8 Å². The maximum absolute atomic E-state index is 12.1. The van der Waals surface area contributed by atoms with Gasteiger partial charge < -0.3 is 10.5 Å².